The fourth-order valence-electron chi connectivity index (χ4n) is 1.65. The Morgan fingerprint density at radius 2 is 2.13 bits per heavy atom. The lowest BCUT2D eigenvalue weighted by Gasteiger charge is -2.36. The van der Waals surface area contributed by atoms with Crippen LogP contribution in [-0.2, 0) is 4.74 Å². The van der Waals surface area contributed by atoms with Crippen molar-refractivity contribution in [3.8, 4) is 0 Å². The average molecular weight is 218 g/mol. The van der Waals surface area contributed by atoms with Gasteiger partial charge in [0.1, 0.15) is 12.2 Å². The Balaban J connectivity index is 2.55. The van der Waals surface area contributed by atoms with E-state index in [1.165, 1.54) is 6.20 Å². The highest BCUT2D eigenvalue weighted by molar-refractivity contribution is 4.98. The van der Waals surface area contributed by atoms with Crippen molar-refractivity contribution in [2.75, 3.05) is 6.61 Å². The molecule has 4 atom stereocenters. The third-order valence-electron chi connectivity index (χ3n) is 2.50. The fraction of sp³-hybridized carbons (Fsp3) is 0.778. The van der Waals surface area contributed by atoms with Crippen LogP contribution in [0.1, 0.15) is 12.8 Å². The van der Waals surface area contributed by atoms with Crippen LogP contribution >= 0.6 is 0 Å². The minimum Gasteiger partial charge on any atom is -0.403 e. The molecule has 0 bridgehead atoms. The molecule has 7 N–H and O–H groups in total. The molecule has 4 unspecified atom stereocenters. The SMILES string of the molecule is N/C=C(\N)CC1CC(O)C(O)C(CO)O1. The van der Waals surface area contributed by atoms with E-state index in [1.807, 2.05) is 0 Å². The van der Waals surface area contributed by atoms with E-state index < -0.39 is 18.3 Å². The first-order chi connectivity index (χ1) is 7.08. The first-order valence-electron chi connectivity index (χ1n) is 4.87. The number of aliphatic hydroxyl groups is 3. The lowest BCUT2D eigenvalue weighted by atomic mass is 9.96. The molecule has 0 saturated carbocycles. The van der Waals surface area contributed by atoms with Crippen LogP contribution in [0, 0.1) is 0 Å². The minimum absolute atomic E-state index is 0.284. The summed E-state index contributed by atoms with van der Waals surface area (Å²) in [5, 5.41) is 27.9. The van der Waals surface area contributed by atoms with Gasteiger partial charge in [-0.3, -0.25) is 0 Å². The maximum atomic E-state index is 9.50. The molecule has 0 amide bonds. The Bertz CT molecular complexity index is 234. The molecular formula is C9H18N2O4. The van der Waals surface area contributed by atoms with Gasteiger partial charge in [0.2, 0.25) is 0 Å². The van der Waals surface area contributed by atoms with E-state index in [0.29, 0.717) is 12.1 Å². The maximum Gasteiger partial charge on any atom is 0.109 e. The monoisotopic (exact) mass is 218 g/mol. The fourth-order valence-corrected chi connectivity index (χ4v) is 1.65. The Morgan fingerprint density at radius 3 is 2.67 bits per heavy atom. The van der Waals surface area contributed by atoms with Gasteiger partial charge in [-0.1, -0.05) is 0 Å². The molecule has 1 aliphatic heterocycles. The zero-order valence-corrected chi connectivity index (χ0v) is 8.41. The first-order valence-corrected chi connectivity index (χ1v) is 4.87. The molecule has 88 valence electrons. The van der Waals surface area contributed by atoms with Crippen molar-refractivity contribution >= 4 is 0 Å². The summed E-state index contributed by atoms with van der Waals surface area (Å²) in [5.41, 5.74) is 11.2. The van der Waals surface area contributed by atoms with Crippen LogP contribution in [-0.4, -0.2) is 46.3 Å². The number of hydrogen-bond acceptors (Lipinski definition) is 6. The Labute approximate surface area is 88.1 Å². The summed E-state index contributed by atoms with van der Waals surface area (Å²) >= 11 is 0. The lowest BCUT2D eigenvalue weighted by molar-refractivity contribution is -0.178. The Morgan fingerprint density at radius 1 is 1.47 bits per heavy atom. The van der Waals surface area contributed by atoms with E-state index in [4.69, 9.17) is 21.3 Å². The van der Waals surface area contributed by atoms with Crippen molar-refractivity contribution in [3.05, 3.63) is 11.9 Å². The van der Waals surface area contributed by atoms with Gasteiger partial charge in [-0.2, -0.15) is 0 Å². The first kappa shape index (κ1) is 12.3. The van der Waals surface area contributed by atoms with Gasteiger partial charge in [-0.05, 0) is 0 Å². The highest BCUT2D eigenvalue weighted by Crippen LogP contribution is 2.23. The van der Waals surface area contributed by atoms with Gasteiger partial charge < -0.3 is 31.5 Å². The van der Waals surface area contributed by atoms with Crippen molar-refractivity contribution in [2.45, 2.75) is 37.3 Å². The zero-order valence-electron chi connectivity index (χ0n) is 8.41. The van der Waals surface area contributed by atoms with Crippen LogP contribution in [0.15, 0.2) is 11.9 Å². The van der Waals surface area contributed by atoms with Gasteiger partial charge in [0, 0.05) is 24.7 Å². The third kappa shape index (κ3) is 3.07. The highest BCUT2D eigenvalue weighted by atomic mass is 16.5. The predicted octanol–water partition coefficient (Wildman–Crippen LogP) is -1.99. The summed E-state index contributed by atoms with van der Waals surface area (Å²) in [7, 11) is 0. The van der Waals surface area contributed by atoms with Gasteiger partial charge in [0.15, 0.2) is 0 Å². The summed E-state index contributed by atoms with van der Waals surface area (Å²) in [6.07, 6.45) is -1.08. The van der Waals surface area contributed by atoms with Crippen LogP contribution < -0.4 is 11.5 Å². The molecular weight excluding hydrogens is 200 g/mol. The van der Waals surface area contributed by atoms with Crippen LogP contribution in [0.25, 0.3) is 0 Å². The molecule has 6 heteroatoms. The normalized spacial score (nSPS) is 37.9. The third-order valence-corrected chi connectivity index (χ3v) is 2.50. The second-order valence-electron chi connectivity index (χ2n) is 3.72. The molecule has 6 nitrogen and oxygen atoms in total. The van der Waals surface area contributed by atoms with Crippen LogP contribution in [0.5, 0.6) is 0 Å². The molecule has 1 aliphatic rings. The van der Waals surface area contributed by atoms with Crippen molar-refractivity contribution in [1.82, 2.24) is 0 Å². The van der Waals surface area contributed by atoms with Crippen LogP contribution in [0.2, 0.25) is 0 Å². The summed E-state index contributed by atoms with van der Waals surface area (Å²) in [6, 6.07) is 0. The van der Waals surface area contributed by atoms with Gasteiger partial charge in [0.05, 0.1) is 18.8 Å². The molecule has 0 radical (unpaired) electrons. The Kier molecular flexibility index (Phi) is 4.34. The largest absolute Gasteiger partial charge is 0.403 e. The van der Waals surface area contributed by atoms with Crippen molar-refractivity contribution in [1.29, 1.82) is 0 Å². The van der Waals surface area contributed by atoms with Crippen molar-refractivity contribution in [3.63, 3.8) is 0 Å². The minimum atomic E-state index is -1.05. The molecule has 0 aliphatic carbocycles. The smallest absolute Gasteiger partial charge is 0.109 e. The summed E-state index contributed by atoms with van der Waals surface area (Å²) in [5.74, 6) is 0. The van der Waals surface area contributed by atoms with Gasteiger partial charge in [-0.15, -0.1) is 0 Å². The van der Waals surface area contributed by atoms with E-state index in [-0.39, 0.29) is 19.1 Å². The van der Waals surface area contributed by atoms with E-state index in [2.05, 4.69) is 0 Å². The average Bonchev–Trinajstić information content (AvgIpc) is 2.22. The molecule has 0 aromatic heterocycles. The standard InChI is InChI=1S/C9H18N2O4/c10-3-5(11)1-6-2-7(13)9(14)8(4-12)15-6/h3,6-9,12-14H,1-2,4,10-11H2/b5-3-. The number of hydrogen-bond donors (Lipinski definition) is 5. The number of aliphatic hydroxyl groups excluding tert-OH is 3. The maximum absolute atomic E-state index is 9.50. The summed E-state index contributed by atoms with van der Waals surface area (Å²) < 4.78 is 5.35. The predicted molar refractivity (Wildman–Crippen MR) is 53.5 cm³/mol. The number of nitrogens with two attached hydrogens (primary N) is 2. The molecule has 1 heterocycles. The quantitative estimate of drug-likeness (QED) is 0.374. The highest BCUT2D eigenvalue weighted by Gasteiger charge is 2.36. The van der Waals surface area contributed by atoms with E-state index in [9.17, 15) is 10.2 Å². The van der Waals surface area contributed by atoms with Gasteiger partial charge >= 0.3 is 0 Å². The van der Waals surface area contributed by atoms with Crippen molar-refractivity contribution in [2.24, 2.45) is 11.5 Å². The topological polar surface area (TPSA) is 122 Å². The van der Waals surface area contributed by atoms with Crippen LogP contribution in [0.3, 0.4) is 0 Å². The van der Waals surface area contributed by atoms with Crippen molar-refractivity contribution < 1.29 is 20.1 Å². The zero-order chi connectivity index (χ0) is 11.4. The molecule has 15 heavy (non-hydrogen) atoms. The molecule has 0 aromatic carbocycles. The van der Waals surface area contributed by atoms with Gasteiger partial charge in [0.25, 0.3) is 0 Å². The van der Waals surface area contributed by atoms with Crippen LogP contribution in [0.4, 0.5) is 0 Å². The molecule has 1 fully saturated rings. The summed E-state index contributed by atoms with van der Waals surface area (Å²) in [4.78, 5) is 0. The molecule has 0 spiro atoms. The lowest BCUT2D eigenvalue weighted by Crippen LogP contribution is -2.50. The second-order valence-corrected chi connectivity index (χ2v) is 3.72. The second kappa shape index (κ2) is 5.32. The summed E-state index contributed by atoms with van der Waals surface area (Å²) in [6.45, 7) is -0.332. The number of ether oxygens (including phenoxy) is 1. The molecule has 1 saturated heterocycles. The van der Waals surface area contributed by atoms with E-state index in [0.717, 1.165) is 0 Å². The molecule has 0 aromatic rings. The van der Waals surface area contributed by atoms with Gasteiger partial charge in [-0.25, -0.2) is 0 Å². The van der Waals surface area contributed by atoms with E-state index >= 15 is 0 Å². The van der Waals surface area contributed by atoms with E-state index in [1.54, 1.807) is 0 Å². The molecule has 1 rings (SSSR count). The number of rotatable bonds is 3. The Hall–Kier alpha value is -0.820.